The van der Waals surface area contributed by atoms with Gasteiger partial charge in [0.15, 0.2) is 18.3 Å². The van der Waals surface area contributed by atoms with Crippen LogP contribution in [-0.4, -0.2) is 145 Å². The molecule has 13 unspecified atom stereocenters. The van der Waals surface area contributed by atoms with E-state index in [1.807, 2.05) is 0 Å². The molecule has 13 N–H and O–H groups in total. The fourth-order valence-corrected chi connectivity index (χ4v) is 6.29. The zero-order chi connectivity index (χ0) is 33.1. The SMILES string of the molecule is CO.NCC1CC2C=CC1C2.O=C(NCC1CC2C=CC1C2)C(O)C(O)C(O)C(O)CO.O=C1OC(CO)[C@@H](O)C(O)C1O. The third-order valence-corrected chi connectivity index (χ3v) is 8.94. The summed E-state index contributed by atoms with van der Waals surface area (Å²) >= 11 is 0. The van der Waals surface area contributed by atoms with Crippen LogP contribution in [0, 0.1) is 35.5 Å². The number of carbonyl (C=O) groups excluding carboxylic acids is 2. The Labute approximate surface area is 256 Å². The van der Waals surface area contributed by atoms with Gasteiger partial charge in [0.05, 0.1) is 13.2 Å². The van der Waals surface area contributed by atoms with Gasteiger partial charge in [0, 0.05) is 13.7 Å². The lowest BCUT2D eigenvalue weighted by Crippen LogP contribution is -2.56. The molecule has 1 saturated heterocycles. The van der Waals surface area contributed by atoms with Crippen molar-refractivity contribution in [1.29, 1.82) is 0 Å². The summed E-state index contributed by atoms with van der Waals surface area (Å²) in [4.78, 5) is 22.4. The number of amides is 1. The second kappa shape index (κ2) is 18.2. The highest BCUT2D eigenvalue weighted by atomic mass is 16.6. The number of hydrogen-bond acceptors (Lipinski definition) is 14. The molecular formula is C29H50N2O13. The molecule has 4 aliphatic carbocycles. The second-order valence-corrected chi connectivity index (χ2v) is 11.8. The van der Waals surface area contributed by atoms with Crippen LogP contribution in [0.4, 0.5) is 0 Å². The van der Waals surface area contributed by atoms with Gasteiger partial charge in [0.2, 0.25) is 0 Å². The molecule has 15 nitrogen and oxygen atoms in total. The topological polar surface area (TPSA) is 284 Å². The minimum absolute atomic E-state index is 0.334. The number of allylic oxidation sites excluding steroid dienone is 4. The molecule has 0 aromatic carbocycles. The summed E-state index contributed by atoms with van der Waals surface area (Å²) in [6.45, 7) is -0.0565. The molecular weight excluding hydrogens is 584 g/mol. The van der Waals surface area contributed by atoms with Crippen molar-refractivity contribution >= 4 is 11.9 Å². The lowest BCUT2D eigenvalue weighted by atomic mass is 9.93. The number of esters is 1. The van der Waals surface area contributed by atoms with Crippen LogP contribution in [0.25, 0.3) is 0 Å². The standard InChI is InChI=1S/C14H23NO6.C8H13N.C6H10O6.CH4O/c16-6-10(17)11(18)12(19)13(20)14(21)15-5-9-4-7-1-2-8(9)3-7;9-5-8-4-6-1-2-7(8)3-6;7-1-2-3(8)4(9)5(10)6(11)12-2;1-2/h1-2,7-13,16-20H,3-6H2,(H,15,21);1-2,6-8H,3-5,9H2;2-5,7-10H,1H2;2H,1H3/t;;2?,3-,4?,5?;/m..1./s1. The molecule has 0 aromatic rings. The van der Waals surface area contributed by atoms with Crippen LogP contribution in [0.3, 0.4) is 0 Å². The van der Waals surface area contributed by atoms with Crippen molar-refractivity contribution in [1.82, 2.24) is 5.32 Å². The van der Waals surface area contributed by atoms with Crippen molar-refractivity contribution in [2.45, 2.75) is 74.5 Å². The molecule has 2 saturated carbocycles. The largest absolute Gasteiger partial charge is 0.455 e. The fourth-order valence-electron chi connectivity index (χ4n) is 6.29. The first-order valence-corrected chi connectivity index (χ1v) is 14.9. The number of carbonyl (C=O) groups is 2. The first-order chi connectivity index (χ1) is 20.9. The van der Waals surface area contributed by atoms with Crippen molar-refractivity contribution in [3.05, 3.63) is 24.3 Å². The van der Waals surface area contributed by atoms with E-state index in [-0.39, 0.29) is 0 Å². The van der Waals surface area contributed by atoms with E-state index in [1.54, 1.807) is 0 Å². The van der Waals surface area contributed by atoms with Gasteiger partial charge in [0.1, 0.15) is 30.5 Å². The third-order valence-electron chi connectivity index (χ3n) is 8.94. The number of nitrogens with one attached hydrogen (secondary N) is 1. The lowest BCUT2D eigenvalue weighted by molar-refractivity contribution is -0.206. The van der Waals surface area contributed by atoms with Gasteiger partial charge < -0.3 is 66.9 Å². The first kappa shape index (κ1) is 38.2. The Morgan fingerprint density at radius 2 is 1.43 bits per heavy atom. The lowest BCUT2D eigenvalue weighted by Gasteiger charge is -2.32. The van der Waals surface area contributed by atoms with Gasteiger partial charge >= 0.3 is 5.97 Å². The highest BCUT2D eigenvalue weighted by Crippen LogP contribution is 2.43. The molecule has 44 heavy (non-hydrogen) atoms. The molecule has 14 atom stereocenters. The number of rotatable bonds is 9. The highest BCUT2D eigenvalue weighted by Gasteiger charge is 2.43. The summed E-state index contributed by atoms with van der Waals surface area (Å²) in [5, 5.41) is 91.7. The van der Waals surface area contributed by atoms with E-state index in [4.69, 9.17) is 36.4 Å². The Balaban J connectivity index is 0.000000246. The highest BCUT2D eigenvalue weighted by molar-refractivity contribution is 5.81. The van der Waals surface area contributed by atoms with Gasteiger partial charge in [-0.1, -0.05) is 24.3 Å². The van der Waals surface area contributed by atoms with Gasteiger partial charge in [-0.25, -0.2) is 4.79 Å². The average molecular weight is 635 g/mol. The maximum atomic E-state index is 11.8. The second-order valence-electron chi connectivity index (χ2n) is 11.8. The van der Waals surface area contributed by atoms with E-state index in [9.17, 15) is 30.0 Å². The summed E-state index contributed by atoms with van der Waals surface area (Å²) in [5.74, 6) is 2.10. The van der Waals surface area contributed by atoms with Crippen molar-refractivity contribution in [2.24, 2.45) is 41.2 Å². The first-order valence-electron chi connectivity index (χ1n) is 14.9. The van der Waals surface area contributed by atoms with E-state index in [2.05, 4.69) is 34.4 Å². The smallest absolute Gasteiger partial charge is 0.338 e. The monoisotopic (exact) mass is 634 g/mol. The van der Waals surface area contributed by atoms with E-state index >= 15 is 0 Å². The minimum Gasteiger partial charge on any atom is -0.455 e. The van der Waals surface area contributed by atoms with E-state index < -0.39 is 73.9 Å². The predicted molar refractivity (Wildman–Crippen MR) is 154 cm³/mol. The van der Waals surface area contributed by atoms with Crippen LogP contribution in [0.1, 0.15) is 25.7 Å². The summed E-state index contributed by atoms with van der Waals surface area (Å²) in [7, 11) is 1.00. The van der Waals surface area contributed by atoms with Crippen LogP contribution >= 0.6 is 0 Å². The number of hydrogen-bond donors (Lipinski definition) is 12. The molecule has 3 fully saturated rings. The Morgan fingerprint density at radius 3 is 1.84 bits per heavy atom. The van der Waals surface area contributed by atoms with Crippen molar-refractivity contribution < 1.29 is 65.4 Å². The zero-order valence-corrected chi connectivity index (χ0v) is 24.8. The number of ether oxygens (including phenoxy) is 1. The Hall–Kier alpha value is -2.02. The third kappa shape index (κ3) is 9.74. The molecule has 0 spiro atoms. The summed E-state index contributed by atoms with van der Waals surface area (Å²) in [5.41, 5.74) is 5.59. The van der Waals surface area contributed by atoms with E-state index in [0.29, 0.717) is 24.3 Å². The summed E-state index contributed by atoms with van der Waals surface area (Å²) in [6.07, 6.45) is 0.874. The molecule has 1 aliphatic heterocycles. The normalized spacial score (nSPS) is 36.9. The molecule has 4 bridgehead atoms. The quantitative estimate of drug-likeness (QED) is 0.0841. The number of cyclic esters (lactones) is 1. The van der Waals surface area contributed by atoms with E-state index in [0.717, 1.165) is 44.2 Å². The molecule has 1 heterocycles. The van der Waals surface area contributed by atoms with Crippen LogP contribution in [0.5, 0.6) is 0 Å². The van der Waals surface area contributed by atoms with Crippen LogP contribution in [0.2, 0.25) is 0 Å². The number of aliphatic hydroxyl groups excluding tert-OH is 10. The fraction of sp³-hybridized carbons (Fsp3) is 0.793. The number of nitrogens with two attached hydrogens (primary N) is 1. The molecule has 1 amide bonds. The van der Waals surface area contributed by atoms with Crippen molar-refractivity contribution in [3.63, 3.8) is 0 Å². The molecule has 15 heteroatoms. The van der Waals surface area contributed by atoms with Gasteiger partial charge in [-0.3, -0.25) is 4.79 Å². The van der Waals surface area contributed by atoms with Gasteiger partial charge in [-0.05, 0) is 67.7 Å². The maximum Gasteiger partial charge on any atom is 0.338 e. The Morgan fingerprint density at radius 1 is 0.886 bits per heavy atom. The molecule has 254 valence electrons. The van der Waals surface area contributed by atoms with E-state index in [1.165, 1.54) is 12.8 Å². The van der Waals surface area contributed by atoms with Gasteiger partial charge in [0.25, 0.3) is 5.91 Å². The van der Waals surface area contributed by atoms with Gasteiger partial charge in [-0.15, -0.1) is 0 Å². The molecule has 0 radical (unpaired) electrons. The minimum atomic E-state index is -1.85. The Kier molecular flexibility index (Phi) is 15.8. The van der Waals surface area contributed by atoms with Crippen molar-refractivity contribution in [3.8, 4) is 0 Å². The molecule has 5 aliphatic rings. The van der Waals surface area contributed by atoms with Crippen LogP contribution in [0.15, 0.2) is 24.3 Å². The zero-order valence-electron chi connectivity index (χ0n) is 24.8. The van der Waals surface area contributed by atoms with Crippen LogP contribution in [-0.2, 0) is 14.3 Å². The predicted octanol–water partition coefficient (Wildman–Crippen LogP) is -4.50. The average Bonchev–Trinajstić information content (AvgIpc) is 3.87. The van der Waals surface area contributed by atoms with Crippen LogP contribution < -0.4 is 11.1 Å². The van der Waals surface area contributed by atoms with Crippen molar-refractivity contribution in [2.75, 3.05) is 33.4 Å². The van der Waals surface area contributed by atoms with Gasteiger partial charge in [-0.2, -0.15) is 0 Å². The maximum absolute atomic E-state index is 11.8. The summed E-state index contributed by atoms with van der Waals surface area (Å²) < 4.78 is 4.38. The summed E-state index contributed by atoms with van der Waals surface area (Å²) in [6, 6.07) is 0. The number of fused-ring (bicyclic) bond motifs is 4. The Bertz CT molecular complexity index is 950. The molecule has 5 rings (SSSR count). The number of aliphatic hydroxyl groups is 10. The molecule has 0 aromatic heterocycles.